The molecule has 1 rings (SSSR count). The lowest BCUT2D eigenvalue weighted by Gasteiger charge is -2.16. The Morgan fingerprint density at radius 1 is 1.33 bits per heavy atom. The molecule has 0 aliphatic rings. The lowest BCUT2D eigenvalue weighted by Crippen LogP contribution is -2.31. The number of hydrogen-bond donors (Lipinski definition) is 1. The van der Waals surface area contributed by atoms with Gasteiger partial charge in [0.25, 0.3) is 0 Å². The Labute approximate surface area is 109 Å². The largest absolute Gasteiger partial charge is 0.387 e. The first-order valence-electron chi connectivity index (χ1n) is 6.52. The Balaban J connectivity index is 2.51. The molecule has 1 N–H and O–H groups in total. The minimum Gasteiger partial charge on any atom is -0.387 e. The summed E-state index contributed by atoms with van der Waals surface area (Å²) in [6.45, 7) is 4.64. The molecule has 0 aliphatic carbocycles. The van der Waals surface area contributed by atoms with Crippen molar-refractivity contribution in [3.8, 4) is 0 Å². The van der Waals surface area contributed by atoms with E-state index in [1.165, 1.54) is 11.1 Å². The predicted octanol–water partition coefficient (Wildman–Crippen LogP) is 2.19. The molecule has 0 spiro atoms. The average molecular weight is 249 g/mol. The number of nitrogens with zero attached hydrogens (tertiary/aromatic N) is 1. The van der Waals surface area contributed by atoms with E-state index in [9.17, 15) is 4.79 Å². The van der Waals surface area contributed by atoms with Crippen LogP contribution < -0.4 is 0 Å². The van der Waals surface area contributed by atoms with Crippen molar-refractivity contribution in [2.24, 2.45) is 0 Å². The van der Waals surface area contributed by atoms with Crippen LogP contribution in [0, 0.1) is 0 Å². The van der Waals surface area contributed by atoms with Gasteiger partial charge in [-0.25, -0.2) is 0 Å². The molecule has 0 bridgehead atoms. The Bertz CT molecular complexity index is 373. The Hall–Kier alpha value is -1.35. The average Bonchev–Trinajstić information content (AvgIpc) is 2.43. The van der Waals surface area contributed by atoms with Gasteiger partial charge in [-0.05, 0) is 29.9 Å². The van der Waals surface area contributed by atoms with E-state index in [4.69, 9.17) is 5.11 Å². The summed E-state index contributed by atoms with van der Waals surface area (Å²) in [6, 6.07) is 8.58. The first-order chi connectivity index (χ1) is 8.58. The fourth-order valence-corrected chi connectivity index (χ4v) is 1.79. The van der Waals surface area contributed by atoms with Crippen molar-refractivity contribution in [1.29, 1.82) is 0 Å². The summed E-state index contributed by atoms with van der Waals surface area (Å²) in [7, 11) is 1.71. The molecule has 18 heavy (non-hydrogen) atoms. The molecule has 0 saturated heterocycles. The van der Waals surface area contributed by atoms with Crippen molar-refractivity contribution in [2.45, 2.75) is 32.6 Å². The molecule has 1 unspecified atom stereocenters. The van der Waals surface area contributed by atoms with Crippen LogP contribution in [0.5, 0.6) is 0 Å². The lowest BCUT2D eigenvalue weighted by molar-refractivity contribution is -0.132. The van der Waals surface area contributed by atoms with E-state index < -0.39 is 6.61 Å². The predicted molar refractivity (Wildman–Crippen MR) is 73.6 cm³/mol. The second-order valence-corrected chi connectivity index (χ2v) is 4.77. The molecular formula is C15H23NO2. The fourth-order valence-electron chi connectivity index (χ4n) is 1.79. The van der Waals surface area contributed by atoms with Gasteiger partial charge in [0, 0.05) is 13.6 Å². The van der Waals surface area contributed by atoms with Crippen molar-refractivity contribution in [3.05, 3.63) is 35.4 Å². The second kappa shape index (κ2) is 7.17. The van der Waals surface area contributed by atoms with E-state index in [1.54, 1.807) is 11.9 Å². The number of aliphatic hydroxyl groups is 1. The number of carbonyl (C=O) groups is 1. The SMILES string of the molecule is CCC(C)c1ccc(CCN(C)C(=O)CO)cc1. The van der Waals surface area contributed by atoms with E-state index in [-0.39, 0.29) is 5.91 Å². The van der Waals surface area contributed by atoms with Gasteiger partial charge in [0.1, 0.15) is 6.61 Å². The molecule has 1 aromatic carbocycles. The number of hydrogen-bond acceptors (Lipinski definition) is 2. The molecule has 0 radical (unpaired) electrons. The molecule has 3 nitrogen and oxygen atoms in total. The molecule has 0 saturated carbocycles. The molecule has 100 valence electrons. The number of likely N-dealkylation sites (N-methyl/N-ethyl adjacent to an activating group) is 1. The smallest absolute Gasteiger partial charge is 0.248 e. The third-order valence-corrected chi connectivity index (χ3v) is 3.46. The number of benzene rings is 1. The van der Waals surface area contributed by atoms with E-state index in [1.807, 2.05) is 0 Å². The van der Waals surface area contributed by atoms with E-state index >= 15 is 0 Å². The zero-order chi connectivity index (χ0) is 13.5. The third-order valence-electron chi connectivity index (χ3n) is 3.46. The lowest BCUT2D eigenvalue weighted by atomic mass is 9.97. The zero-order valence-corrected chi connectivity index (χ0v) is 11.5. The van der Waals surface area contributed by atoms with Crippen LogP contribution in [-0.2, 0) is 11.2 Å². The molecule has 1 amide bonds. The van der Waals surface area contributed by atoms with Crippen molar-refractivity contribution in [1.82, 2.24) is 4.90 Å². The molecule has 3 heteroatoms. The second-order valence-electron chi connectivity index (χ2n) is 4.77. The van der Waals surface area contributed by atoms with Crippen LogP contribution in [0.4, 0.5) is 0 Å². The van der Waals surface area contributed by atoms with Crippen LogP contribution in [0.15, 0.2) is 24.3 Å². The number of amides is 1. The minimum atomic E-state index is -0.413. The zero-order valence-electron chi connectivity index (χ0n) is 11.5. The van der Waals surface area contributed by atoms with Gasteiger partial charge in [-0.15, -0.1) is 0 Å². The van der Waals surface area contributed by atoms with Crippen LogP contribution in [0.1, 0.15) is 37.3 Å². The number of aliphatic hydroxyl groups excluding tert-OH is 1. The highest BCUT2D eigenvalue weighted by Crippen LogP contribution is 2.18. The van der Waals surface area contributed by atoms with Gasteiger partial charge < -0.3 is 10.0 Å². The summed E-state index contributed by atoms with van der Waals surface area (Å²) >= 11 is 0. The summed E-state index contributed by atoms with van der Waals surface area (Å²) in [5.74, 6) is 0.365. The van der Waals surface area contributed by atoms with Crippen LogP contribution in [0.25, 0.3) is 0 Å². The molecule has 0 fully saturated rings. The summed E-state index contributed by atoms with van der Waals surface area (Å²) in [4.78, 5) is 12.7. The highest BCUT2D eigenvalue weighted by atomic mass is 16.3. The van der Waals surface area contributed by atoms with E-state index in [0.717, 1.165) is 12.8 Å². The van der Waals surface area contributed by atoms with E-state index in [0.29, 0.717) is 12.5 Å². The van der Waals surface area contributed by atoms with E-state index in [2.05, 4.69) is 38.1 Å². The fraction of sp³-hybridized carbons (Fsp3) is 0.533. The Morgan fingerprint density at radius 2 is 1.94 bits per heavy atom. The summed E-state index contributed by atoms with van der Waals surface area (Å²) in [6.07, 6.45) is 1.97. The Morgan fingerprint density at radius 3 is 2.44 bits per heavy atom. The van der Waals surface area contributed by atoms with Crippen molar-refractivity contribution < 1.29 is 9.90 Å². The van der Waals surface area contributed by atoms with Crippen LogP contribution >= 0.6 is 0 Å². The minimum absolute atomic E-state index is 0.230. The molecule has 1 atom stereocenters. The maximum absolute atomic E-state index is 11.2. The summed E-state index contributed by atoms with van der Waals surface area (Å²) in [5.41, 5.74) is 2.58. The maximum atomic E-state index is 11.2. The molecule has 0 heterocycles. The number of rotatable bonds is 6. The van der Waals surface area contributed by atoms with Gasteiger partial charge in [0.05, 0.1) is 0 Å². The first-order valence-corrected chi connectivity index (χ1v) is 6.52. The van der Waals surface area contributed by atoms with Gasteiger partial charge in [0.15, 0.2) is 0 Å². The Kier molecular flexibility index (Phi) is 5.86. The van der Waals surface area contributed by atoms with Crippen LogP contribution in [0.3, 0.4) is 0 Å². The third kappa shape index (κ3) is 4.15. The van der Waals surface area contributed by atoms with Gasteiger partial charge in [0.2, 0.25) is 5.91 Å². The quantitative estimate of drug-likeness (QED) is 0.839. The van der Waals surface area contributed by atoms with Gasteiger partial charge in [-0.1, -0.05) is 38.1 Å². The monoisotopic (exact) mass is 249 g/mol. The van der Waals surface area contributed by atoms with Crippen molar-refractivity contribution in [3.63, 3.8) is 0 Å². The summed E-state index contributed by atoms with van der Waals surface area (Å²) in [5, 5.41) is 8.74. The van der Waals surface area contributed by atoms with Crippen molar-refractivity contribution >= 4 is 5.91 Å². The van der Waals surface area contributed by atoms with Crippen molar-refractivity contribution in [2.75, 3.05) is 20.2 Å². The molecule has 0 aromatic heterocycles. The maximum Gasteiger partial charge on any atom is 0.248 e. The normalized spacial score (nSPS) is 12.2. The van der Waals surface area contributed by atoms with Crippen LogP contribution in [0.2, 0.25) is 0 Å². The van der Waals surface area contributed by atoms with Gasteiger partial charge >= 0.3 is 0 Å². The van der Waals surface area contributed by atoms with Gasteiger partial charge in [-0.3, -0.25) is 4.79 Å². The highest BCUT2D eigenvalue weighted by Gasteiger charge is 2.07. The standard InChI is InChI=1S/C15H23NO2/c1-4-12(2)14-7-5-13(6-8-14)9-10-16(3)15(18)11-17/h5-8,12,17H,4,9-11H2,1-3H3. The highest BCUT2D eigenvalue weighted by molar-refractivity contribution is 5.76. The molecule has 1 aromatic rings. The topological polar surface area (TPSA) is 40.5 Å². The molecular weight excluding hydrogens is 226 g/mol. The number of carbonyl (C=O) groups excluding carboxylic acids is 1. The van der Waals surface area contributed by atoms with Crippen LogP contribution in [-0.4, -0.2) is 36.1 Å². The van der Waals surface area contributed by atoms with Gasteiger partial charge in [-0.2, -0.15) is 0 Å². The first kappa shape index (κ1) is 14.7. The molecule has 0 aliphatic heterocycles. The summed E-state index contributed by atoms with van der Waals surface area (Å²) < 4.78 is 0.